The lowest BCUT2D eigenvalue weighted by molar-refractivity contribution is -0.161. The SMILES string of the molecule is CCCCC[C@H](O)/C=C/[C@@H]1[C@@H](CCCCCCC(=O)O[C@H](COC(=O)CCCCCCCCCCC(C)CC)COP(=O)(O)OC[C@@H](O)CO)[C@@H](O)C[C@H]1O. The van der Waals surface area contributed by atoms with E-state index in [2.05, 4.69) is 25.3 Å². The number of carbonyl (C=O) groups excluding carboxylic acids is 2. The van der Waals surface area contributed by atoms with E-state index in [4.69, 9.17) is 19.1 Å². The zero-order chi connectivity index (χ0) is 40.9. The summed E-state index contributed by atoms with van der Waals surface area (Å²) in [5.41, 5.74) is 0. The molecule has 0 saturated heterocycles. The number of unbranched alkanes of at least 4 members (excludes halogenated alkanes) is 12. The van der Waals surface area contributed by atoms with Crippen molar-refractivity contribution >= 4 is 19.8 Å². The fourth-order valence-corrected chi connectivity index (χ4v) is 7.62. The molecule has 0 heterocycles. The Labute approximate surface area is 331 Å². The third-order valence-corrected chi connectivity index (χ3v) is 11.5. The first kappa shape index (κ1) is 51.6. The molecule has 0 bridgehead atoms. The monoisotopic (exact) mass is 809 g/mol. The summed E-state index contributed by atoms with van der Waals surface area (Å²) in [4.78, 5) is 35.1. The summed E-state index contributed by atoms with van der Waals surface area (Å²) in [6, 6.07) is 0. The predicted octanol–water partition coefficient (Wildman–Crippen LogP) is 7.07. The smallest absolute Gasteiger partial charge is 0.462 e. The molecule has 9 atom stereocenters. The number of rotatable bonds is 35. The molecule has 6 N–H and O–H groups in total. The van der Waals surface area contributed by atoms with E-state index in [9.17, 15) is 39.5 Å². The maximum Gasteiger partial charge on any atom is 0.472 e. The number of hydrogen-bond donors (Lipinski definition) is 6. The Morgan fingerprint density at radius 3 is 1.98 bits per heavy atom. The summed E-state index contributed by atoms with van der Waals surface area (Å²) < 4.78 is 32.7. The lowest BCUT2D eigenvalue weighted by Crippen LogP contribution is -2.29. The van der Waals surface area contributed by atoms with E-state index in [1.807, 2.05) is 6.08 Å². The number of phosphoric acid groups is 1. The Kier molecular flexibility index (Phi) is 29.6. The van der Waals surface area contributed by atoms with Crippen molar-refractivity contribution in [3.05, 3.63) is 12.2 Å². The molecule has 0 aromatic carbocycles. The van der Waals surface area contributed by atoms with Crippen molar-refractivity contribution in [3.8, 4) is 0 Å². The number of aliphatic hydroxyl groups is 5. The van der Waals surface area contributed by atoms with Crippen LogP contribution in [0.5, 0.6) is 0 Å². The molecule has 0 amide bonds. The second-order valence-corrected chi connectivity index (χ2v) is 17.0. The van der Waals surface area contributed by atoms with Crippen molar-refractivity contribution in [1.82, 2.24) is 0 Å². The lowest BCUT2D eigenvalue weighted by atomic mass is 9.88. The molecular weight excluding hydrogens is 731 g/mol. The van der Waals surface area contributed by atoms with Gasteiger partial charge in [0.05, 0.1) is 38.1 Å². The standard InChI is InChI=1S/C41H77O13P/c1-4-6-15-21-33(43)25-26-37-36(38(45)27-39(37)46)22-17-13-14-19-24-41(48)54-35(31-53-55(49,50)52-29-34(44)28-42)30-51-40(47)23-18-12-10-8-7-9-11-16-20-32(3)5-2/h25-26,32-39,42-46H,4-24,27-31H2,1-3H3,(H,49,50)/b26-25+/t32?,33-,34-,35+,36+,37+,38-,39+/m0/s1. The van der Waals surface area contributed by atoms with Gasteiger partial charge in [0.1, 0.15) is 12.7 Å². The van der Waals surface area contributed by atoms with Crippen LogP contribution in [-0.2, 0) is 32.7 Å². The molecule has 0 spiro atoms. The molecule has 0 aromatic heterocycles. The Morgan fingerprint density at radius 1 is 0.764 bits per heavy atom. The minimum atomic E-state index is -4.67. The molecule has 1 saturated carbocycles. The summed E-state index contributed by atoms with van der Waals surface area (Å²) in [6.45, 7) is 4.34. The highest BCUT2D eigenvalue weighted by atomic mass is 31.2. The summed E-state index contributed by atoms with van der Waals surface area (Å²) in [5.74, 6) is -0.598. The van der Waals surface area contributed by atoms with Crippen LogP contribution < -0.4 is 0 Å². The molecule has 14 heteroatoms. The summed E-state index contributed by atoms with van der Waals surface area (Å²) >= 11 is 0. The van der Waals surface area contributed by atoms with Gasteiger partial charge in [0.25, 0.3) is 0 Å². The van der Waals surface area contributed by atoms with Gasteiger partial charge in [-0.15, -0.1) is 0 Å². The van der Waals surface area contributed by atoms with Crippen molar-refractivity contribution in [2.24, 2.45) is 17.8 Å². The van der Waals surface area contributed by atoms with Gasteiger partial charge in [0, 0.05) is 25.2 Å². The number of phosphoric ester groups is 1. The zero-order valence-electron chi connectivity index (χ0n) is 34.1. The van der Waals surface area contributed by atoms with Crippen molar-refractivity contribution in [2.45, 2.75) is 193 Å². The van der Waals surface area contributed by atoms with Crippen LogP contribution in [0.4, 0.5) is 0 Å². The quantitative estimate of drug-likeness (QED) is 0.0164. The third kappa shape index (κ3) is 26.3. The van der Waals surface area contributed by atoms with Crippen LogP contribution in [0.1, 0.15) is 162 Å². The minimum absolute atomic E-state index is 0.0599. The molecule has 1 rings (SSSR count). The van der Waals surface area contributed by atoms with Gasteiger partial charge in [0.15, 0.2) is 6.10 Å². The van der Waals surface area contributed by atoms with E-state index < -0.39 is 70.1 Å². The molecule has 324 valence electrons. The van der Waals surface area contributed by atoms with Crippen molar-refractivity contribution in [1.29, 1.82) is 0 Å². The average Bonchev–Trinajstić information content (AvgIpc) is 3.43. The molecule has 0 aromatic rings. The molecule has 1 fully saturated rings. The molecule has 55 heavy (non-hydrogen) atoms. The van der Waals surface area contributed by atoms with Crippen molar-refractivity contribution in [3.63, 3.8) is 0 Å². The fraction of sp³-hybridized carbons (Fsp3) is 0.902. The first-order valence-electron chi connectivity index (χ1n) is 21.3. The van der Waals surface area contributed by atoms with Crippen molar-refractivity contribution in [2.75, 3.05) is 26.4 Å². The van der Waals surface area contributed by atoms with E-state index in [0.29, 0.717) is 38.5 Å². The van der Waals surface area contributed by atoms with E-state index in [-0.39, 0.29) is 31.3 Å². The van der Waals surface area contributed by atoms with E-state index in [0.717, 1.165) is 57.3 Å². The first-order chi connectivity index (χ1) is 26.3. The summed E-state index contributed by atoms with van der Waals surface area (Å²) in [7, 11) is -4.67. The second-order valence-electron chi connectivity index (χ2n) is 15.6. The van der Waals surface area contributed by atoms with Gasteiger partial charge in [-0.2, -0.15) is 0 Å². The highest BCUT2D eigenvalue weighted by Gasteiger charge is 2.39. The van der Waals surface area contributed by atoms with Gasteiger partial charge >= 0.3 is 19.8 Å². The fourth-order valence-electron chi connectivity index (χ4n) is 6.83. The number of esters is 2. The van der Waals surface area contributed by atoms with Gasteiger partial charge in [0.2, 0.25) is 0 Å². The third-order valence-electron chi connectivity index (χ3n) is 10.6. The van der Waals surface area contributed by atoms with E-state index >= 15 is 0 Å². The van der Waals surface area contributed by atoms with Crippen LogP contribution in [0, 0.1) is 17.8 Å². The van der Waals surface area contributed by atoms with Gasteiger partial charge in [-0.05, 0) is 37.5 Å². The largest absolute Gasteiger partial charge is 0.472 e. The van der Waals surface area contributed by atoms with Crippen LogP contribution in [0.15, 0.2) is 12.2 Å². The lowest BCUT2D eigenvalue weighted by Gasteiger charge is -2.21. The van der Waals surface area contributed by atoms with Crippen LogP contribution in [0.3, 0.4) is 0 Å². The average molecular weight is 809 g/mol. The number of hydrogen-bond acceptors (Lipinski definition) is 12. The summed E-state index contributed by atoms with van der Waals surface area (Å²) in [5, 5.41) is 49.7. The van der Waals surface area contributed by atoms with Crippen LogP contribution in [-0.4, -0.2) is 99.3 Å². The highest BCUT2D eigenvalue weighted by molar-refractivity contribution is 7.47. The molecule has 1 aliphatic carbocycles. The molecule has 2 unspecified atom stereocenters. The number of ether oxygens (including phenoxy) is 2. The Balaban J connectivity index is 2.48. The summed E-state index contributed by atoms with van der Waals surface area (Å²) in [6.07, 6.45) is 18.2. The molecular formula is C41H77O13P. The Bertz CT molecular complexity index is 1060. The van der Waals surface area contributed by atoms with E-state index in [1.54, 1.807) is 6.08 Å². The predicted molar refractivity (Wildman–Crippen MR) is 212 cm³/mol. The first-order valence-corrected chi connectivity index (χ1v) is 22.8. The van der Waals surface area contributed by atoms with Crippen molar-refractivity contribution < 1.29 is 63.1 Å². The van der Waals surface area contributed by atoms with Gasteiger partial charge in [-0.25, -0.2) is 4.57 Å². The second kappa shape index (κ2) is 31.6. The normalized spacial score (nSPS) is 22.0. The van der Waals surface area contributed by atoms with Crippen LogP contribution >= 0.6 is 7.82 Å². The van der Waals surface area contributed by atoms with Crippen LogP contribution in [0.2, 0.25) is 0 Å². The van der Waals surface area contributed by atoms with Crippen LogP contribution in [0.25, 0.3) is 0 Å². The number of aliphatic hydroxyl groups excluding tert-OH is 5. The molecule has 0 radical (unpaired) electrons. The maximum atomic E-state index is 12.7. The minimum Gasteiger partial charge on any atom is -0.462 e. The zero-order valence-corrected chi connectivity index (χ0v) is 35.0. The van der Waals surface area contributed by atoms with Gasteiger partial charge < -0.3 is 39.9 Å². The molecule has 1 aliphatic rings. The Hall–Kier alpha value is -1.41. The van der Waals surface area contributed by atoms with E-state index in [1.165, 1.54) is 38.5 Å². The Morgan fingerprint density at radius 2 is 1.35 bits per heavy atom. The maximum absolute atomic E-state index is 12.7. The topological polar surface area (TPSA) is 210 Å². The number of carbonyl (C=O) groups is 2. The molecule has 0 aliphatic heterocycles. The van der Waals surface area contributed by atoms with Gasteiger partial charge in [-0.3, -0.25) is 18.6 Å². The highest BCUT2D eigenvalue weighted by Crippen LogP contribution is 2.43. The van der Waals surface area contributed by atoms with Gasteiger partial charge in [-0.1, -0.05) is 129 Å². The molecule has 13 nitrogen and oxygen atoms in total.